The molecule has 10 heteroatoms. The van der Waals surface area contributed by atoms with Crippen LogP contribution in [0.4, 0.5) is 0 Å². The van der Waals surface area contributed by atoms with Crippen molar-refractivity contribution in [2.24, 2.45) is 27.8 Å². The molecule has 3 fully saturated rings. The number of carbonyl (C=O) groups is 1. The number of alkyl halides is 1. The van der Waals surface area contributed by atoms with Crippen LogP contribution < -0.4 is 22.1 Å². The second-order valence-corrected chi connectivity index (χ2v) is 13.8. The number of amides is 1. The monoisotopic (exact) mass is 566 g/mol. The summed E-state index contributed by atoms with van der Waals surface area (Å²) in [5.74, 6) is -0.653. The normalized spacial score (nSPS) is 36.7. The standard InChI is InChI=1S/C29H55ClN8O/c1-5-29(2)11-6-20(30)17-34-23(16-29)26(27(31)32)28(39)35-24-18-33-12-7-25(24)37-13-8-21(9-14-37)38-15-10-22(19-38)36(3)4/h17,20-27,33H,5-16,18-19,31-32H2,1-4H3,(H,35,39)/t20?,22?,23?,24?,25?,26?,29-/m1/s1. The predicted molar refractivity (Wildman–Crippen MR) is 161 cm³/mol. The Balaban J connectivity index is 1.39. The van der Waals surface area contributed by atoms with Gasteiger partial charge in [0.25, 0.3) is 0 Å². The van der Waals surface area contributed by atoms with Crippen molar-refractivity contribution >= 4 is 23.7 Å². The van der Waals surface area contributed by atoms with Crippen molar-refractivity contribution in [3.8, 4) is 0 Å². The number of hydrogen-bond acceptors (Lipinski definition) is 8. The summed E-state index contributed by atoms with van der Waals surface area (Å²) in [6, 6.07) is 1.45. The molecule has 9 nitrogen and oxygen atoms in total. The number of rotatable bonds is 8. The van der Waals surface area contributed by atoms with Crippen LogP contribution in [0.5, 0.6) is 0 Å². The fourth-order valence-corrected chi connectivity index (χ4v) is 7.56. The van der Waals surface area contributed by atoms with Gasteiger partial charge in [0.1, 0.15) is 0 Å². The van der Waals surface area contributed by atoms with Crippen molar-refractivity contribution < 1.29 is 4.79 Å². The Hall–Kier alpha value is -0.810. The van der Waals surface area contributed by atoms with E-state index in [-0.39, 0.29) is 28.8 Å². The molecule has 4 heterocycles. The van der Waals surface area contributed by atoms with Gasteiger partial charge in [-0.2, -0.15) is 0 Å². The van der Waals surface area contributed by atoms with Gasteiger partial charge in [-0.3, -0.25) is 19.6 Å². The van der Waals surface area contributed by atoms with Gasteiger partial charge in [-0.15, -0.1) is 11.6 Å². The van der Waals surface area contributed by atoms with Gasteiger partial charge in [0, 0.05) is 57.1 Å². The fraction of sp³-hybridized carbons (Fsp3) is 0.931. The molecular weight excluding hydrogens is 512 g/mol. The van der Waals surface area contributed by atoms with Crippen molar-refractivity contribution in [1.82, 2.24) is 25.3 Å². The van der Waals surface area contributed by atoms with Gasteiger partial charge in [0.05, 0.1) is 29.5 Å². The fourth-order valence-electron chi connectivity index (χ4n) is 7.38. The first kappa shape index (κ1) is 31.1. The number of likely N-dealkylation sites (tertiary alicyclic amines) is 2. The Bertz CT molecular complexity index is 819. The van der Waals surface area contributed by atoms with E-state index in [1.165, 1.54) is 32.4 Å². The summed E-state index contributed by atoms with van der Waals surface area (Å²) in [5.41, 5.74) is 12.6. The van der Waals surface area contributed by atoms with Gasteiger partial charge in [-0.1, -0.05) is 20.3 Å². The zero-order valence-electron chi connectivity index (χ0n) is 24.8. The maximum atomic E-state index is 13.8. The predicted octanol–water partition coefficient (Wildman–Crippen LogP) is 1.44. The lowest BCUT2D eigenvalue weighted by Gasteiger charge is -2.45. The van der Waals surface area contributed by atoms with Gasteiger partial charge in [0.15, 0.2) is 0 Å². The summed E-state index contributed by atoms with van der Waals surface area (Å²) < 4.78 is 0. The number of nitrogens with one attached hydrogen (secondary N) is 2. The number of likely N-dealkylation sites (N-methyl/N-ethyl adjacent to an activating group) is 1. The first-order chi connectivity index (χ1) is 18.6. The summed E-state index contributed by atoms with van der Waals surface area (Å²) >= 11 is 6.51. The highest BCUT2D eigenvalue weighted by Gasteiger charge is 2.41. The molecular formula is C29H55ClN8O. The average molecular weight is 567 g/mol. The Kier molecular flexibility index (Phi) is 11.1. The summed E-state index contributed by atoms with van der Waals surface area (Å²) in [4.78, 5) is 26.3. The minimum atomic E-state index is -0.779. The molecule has 0 bridgehead atoms. The summed E-state index contributed by atoms with van der Waals surface area (Å²) in [5, 5.41) is 6.78. The van der Waals surface area contributed by atoms with Gasteiger partial charge in [-0.25, -0.2) is 0 Å². The molecule has 224 valence electrons. The van der Waals surface area contributed by atoms with Crippen LogP contribution in [0.15, 0.2) is 4.99 Å². The highest BCUT2D eigenvalue weighted by Crippen LogP contribution is 2.38. The van der Waals surface area contributed by atoms with Crippen molar-refractivity contribution in [2.75, 3.05) is 53.4 Å². The van der Waals surface area contributed by atoms with Crippen LogP contribution in [0.2, 0.25) is 0 Å². The Morgan fingerprint density at radius 3 is 2.54 bits per heavy atom. The highest BCUT2D eigenvalue weighted by atomic mass is 35.5. The molecule has 6 N–H and O–H groups in total. The lowest BCUT2D eigenvalue weighted by Crippen LogP contribution is -2.64. The van der Waals surface area contributed by atoms with E-state index in [4.69, 9.17) is 28.1 Å². The molecule has 4 aliphatic rings. The molecule has 0 aromatic carbocycles. The molecule has 4 aliphatic heterocycles. The molecule has 6 unspecified atom stereocenters. The Morgan fingerprint density at radius 2 is 1.90 bits per heavy atom. The summed E-state index contributed by atoms with van der Waals surface area (Å²) in [6.07, 6.45) is 9.43. The lowest BCUT2D eigenvalue weighted by atomic mass is 9.73. The van der Waals surface area contributed by atoms with E-state index in [1.807, 2.05) is 0 Å². The smallest absolute Gasteiger partial charge is 0.228 e. The molecule has 39 heavy (non-hydrogen) atoms. The molecule has 0 spiro atoms. The number of aliphatic imine (C=N–C) groups is 1. The zero-order chi connectivity index (χ0) is 28.2. The van der Waals surface area contributed by atoms with E-state index in [2.05, 4.69) is 53.3 Å². The first-order valence-electron chi connectivity index (χ1n) is 15.4. The zero-order valence-corrected chi connectivity index (χ0v) is 25.6. The summed E-state index contributed by atoms with van der Waals surface area (Å²) in [7, 11) is 4.40. The molecule has 0 aromatic rings. The van der Waals surface area contributed by atoms with Crippen LogP contribution in [-0.2, 0) is 4.79 Å². The van der Waals surface area contributed by atoms with Crippen LogP contribution in [0.1, 0.15) is 65.2 Å². The van der Waals surface area contributed by atoms with Crippen LogP contribution in [0, 0.1) is 11.3 Å². The number of carbonyl (C=O) groups excluding carboxylic acids is 1. The molecule has 0 aliphatic carbocycles. The van der Waals surface area contributed by atoms with Gasteiger partial charge < -0.3 is 27.0 Å². The third kappa shape index (κ3) is 7.93. The van der Waals surface area contributed by atoms with Crippen molar-refractivity contribution in [3.05, 3.63) is 0 Å². The molecule has 1 amide bonds. The molecule has 0 aromatic heterocycles. The van der Waals surface area contributed by atoms with E-state index in [1.54, 1.807) is 6.21 Å². The minimum absolute atomic E-state index is 0.0322. The van der Waals surface area contributed by atoms with Crippen LogP contribution >= 0.6 is 11.6 Å². The first-order valence-corrected chi connectivity index (χ1v) is 15.9. The van der Waals surface area contributed by atoms with Crippen LogP contribution in [-0.4, -0.2) is 122 Å². The van der Waals surface area contributed by atoms with E-state index in [0.29, 0.717) is 18.1 Å². The number of hydrogen-bond donors (Lipinski definition) is 4. The second-order valence-electron chi connectivity index (χ2n) is 13.2. The molecule has 4 rings (SSSR count). The maximum absolute atomic E-state index is 13.8. The van der Waals surface area contributed by atoms with Gasteiger partial charge in [-0.05, 0) is 71.0 Å². The number of piperidine rings is 2. The molecule has 7 atom stereocenters. The molecule has 0 saturated carbocycles. The van der Waals surface area contributed by atoms with E-state index in [9.17, 15) is 4.79 Å². The second kappa shape index (κ2) is 13.9. The number of nitrogens with two attached hydrogens (primary N) is 2. The third-order valence-corrected chi connectivity index (χ3v) is 10.7. The van der Waals surface area contributed by atoms with Crippen LogP contribution in [0.3, 0.4) is 0 Å². The third-order valence-electron chi connectivity index (χ3n) is 10.3. The van der Waals surface area contributed by atoms with E-state index in [0.717, 1.165) is 58.3 Å². The Morgan fingerprint density at radius 1 is 1.18 bits per heavy atom. The van der Waals surface area contributed by atoms with Gasteiger partial charge >= 0.3 is 0 Å². The molecule has 3 saturated heterocycles. The maximum Gasteiger partial charge on any atom is 0.228 e. The van der Waals surface area contributed by atoms with Crippen molar-refractivity contribution in [2.45, 2.75) is 107 Å². The Labute approximate surface area is 241 Å². The quantitative estimate of drug-likeness (QED) is 0.259. The van der Waals surface area contributed by atoms with Crippen molar-refractivity contribution in [3.63, 3.8) is 0 Å². The lowest BCUT2D eigenvalue weighted by molar-refractivity contribution is -0.128. The van der Waals surface area contributed by atoms with Gasteiger partial charge in [0.2, 0.25) is 5.91 Å². The number of halogens is 1. The highest BCUT2D eigenvalue weighted by molar-refractivity contribution is 6.28. The van der Waals surface area contributed by atoms with Crippen LogP contribution in [0.25, 0.3) is 0 Å². The topological polar surface area (TPSA) is 115 Å². The average Bonchev–Trinajstić information content (AvgIpc) is 3.41. The summed E-state index contributed by atoms with van der Waals surface area (Å²) in [6.45, 7) is 10.8. The largest absolute Gasteiger partial charge is 0.350 e. The van der Waals surface area contributed by atoms with E-state index >= 15 is 0 Å². The van der Waals surface area contributed by atoms with Crippen molar-refractivity contribution in [1.29, 1.82) is 0 Å². The minimum Gasteiger partial charge on any atom is -0.350 e. The van der Waals surface area contributed by atoms with E-state index < -0.39 is 12.1 Å². The SMILES string of the molecule is CC[C@]1(C)CCC(Cl)C=NC(C(C(=O)NC2CNCCC2N2CCC(N3CCC(N(C)C)C3)CC2)C(N)N)C1. The number of nitrogens with zero attached hydrogens (tertiary/aromatic N) is 4. The molecule has 0 radical (unpaired) electrons.